The van der Waals surface area contributed by atoms with Gasteiger partial charge in [0.05, 0.1) is 24.7 Å². The molecule has 2 aromatic carbocycles. The van der Waals surface area contributed by atoms with Crippen LogP contribution in [0.1, 0.15) is 23.8 Å². The zero-order valence-corrected chi connectivity index (χ0v) is 16.1. The predicted octanol–water partition coefficient (Wildman–Crippen LogP) is 4.41. The van der Waals surface area contributed by atoms with E-state index >= 15 is 0 Å². The second-order valence-electron chi connectivity index (χ2n) is 6.47. The van der Waals surface area contributed by atoms with Gasteiger partial charge in [-0.25, -0.2) is 4.68 Å². The third kappa shape index (κ3) is 3.45. The van der Waals surface area contributed by atoms with Crippen LogP contribution in [0.3, 0.4) is 0 Å². The first kappa shape index (κ1) is 17.7. The number of aromatic nitrogens is 2. The van der Waals surface area contributed by atoms with Gasteiger partial charge in [0.25, 0.3) is 5.91 Å². The number of amides is 1. The average molecular weight is 379 g/mol. The summed E-state index contributed by atoms with van der Waals surface area (Å²) in [7, 11) is 1.57. The number of fused-ring (bicyclic) bond motifs is 1. The van der Waals surface area contributed by atoms with Crippen molar-refractivity contribution in [2.75, 3.05) is 18.6 Å². The minimum Gasteiger partial charge on any atom is -0.493 e. The summed E-state index contributed by atoms with van der Waals surface area (Å²) in [6.07, 6.45) is 2.68. The molecule has 138 valence electrons. The third-order valence-electron chi connectivity index (χ3n) is 4.61. The molecule has 6 heteroatoms. The van der Waals surface area contributed by atoms with Crippen molar-refractivity contribution in [2.24, 2.45) is 0 Å². The van der Waals surface area contributed by atoms with Crippen LogP contribution in [0.25, 0.3) is 5.69 Å². The Bertz CT molecular complexity index is 955. The molecule has 1 aromatic heterocycles. The van der Waals surface area contributed by atoms with Crippen molar-refractivity contribution in [1.29, 1.82) is 0 Å². The molecule has 0 radical (unpaired) electrons. The lowest BCUT2D eigenvalue weighted by Gasteiger charge is -2.21. The van der Waals surface area contributed by atoms with E-state index in [1.54, 1.807) is 18.0 Å². The molecule has 1 unspecified atom stereocenters. The summed E-state index contributed by atoms with van der Waals surface area (Å²) < 4.78 is 7.15. The van der Waals surface area contributed by atoms with Crippen molar-refractivity contribution in [3.8, 4) is 11.4 Å². The van der Waals surface area contributed by atoms with Crippen LogP contribution in [0.5, 0.6) is 5.75 Å². The molecular formula is C21H21N3O2S. The minimum atomic E-state index is -0.135. The zero-order chi connectivity index (χ0) is 18.8. The largest absolute Gasteiger partial charge is 0.493 e. The first-order chi connectivity index (χ1) is 13.2. The fraction of sp³-hybridized carbons (Fsp3) is 0.238. The maximum Gasteiger partial charge on any atom is 0.282 e. The van der Waals surface area contributed by atoms with Gasteiger partial charge in [0.15, 0.2) is 11.4 Å². The van der Waals surface area contributed by atoms with Gasteiger partial charge >= 0.3 is 0 Å². The van der Waals surface area contributed by atoms with Crippen molar-refractivity contribution >= 4 is 23.4 Å². The zero-order valence-electron chi connectivity index (χ0n) is 15.3. The molecule has 3 aromatic rings. The first-order valence-electron chi connectivity index (χ1n) is 8.94. The normalized spacial score (nSPS) is 16.5. The number of hydrogen-bond acceptors (Lipinski definition) is 4. The van der Waals surface area contributed by atoms with E-state index in [1.165, 1.54) is 0 Å². The number of carbonyl (C=O) groups excluding carboxylic acids is 1. The van der Waals surface area contributed by atoms with Crippen LogP contribution in [-0.4, -0.2) is 34.6 Å². The van der Waals surface area contributed by atoms with Crippen LogP contribution in [0.15, 0.2) is 65.7 Å². The number of nitrogens with zero attached hydrogens (tertiary/aromatic N) is 3. The number of methoxy groups -OCH3 is 1. The maximum atomic E-state index is 13.4. The highest BCUT2D eigenvalue weighted by Crippen LogP contribution is 2.38. The summed E-state index contributed by atoms with van der Waals surface area (Å²) in [6, 6.07) is 17.8. The molecule has 0 bridgehead atoms. The number of thioether (sulfide) groups is 1. The number of para-hydroxylation sites is 2. The third-order valence-corrected chi connectivity index (χ3v) is 5.85. The molecule has 4 rings (SSSR count). The monoisotopic (exact) mass is 379 g/mol. The molecule has 1 amide bonds. The van der Waals surface area contributed by atoms with Gasteiger partial charge in [-0.15, -0.1) is 11.8 Å². The van der Waals surface area contributed by atoms with Gasteiger partial charge in [-0.2, -0.15) is 5.10 Å². The second-order valence-corrected chi connectivity index (χ2v) is 7.95. The highest BCUT2D eigenvalue weighted by atomic mass is 32.2. The van der Waals surface area contributed by atoms with E-state index in [1.807, 2.05) is 65.2 Å². The number of carbonyl (C=O) groups is 1. The lowest BCUT2D eigenvalue weighted by atomic mass is 10.2. The van der Waals surface area contributed by atoms with Crippen LogP contribution in [0.4, 0.5) is 5.69 Å². The molecule has 5 nitrogen and oxygen atoms in total. The summed E-state index contributed by atoms with van der Waals surface area (Å²) in [5.74, 6) is 0.343. The molecule has 0 fully saturated rings. The van der Waals surface area contributed by atoms with Gasteiger partial charge in [-0.3, -0.25) is 4.79 Å². The van der Waals surface area contributed by atoms with Crippen molar-refractivity contribution in [3.63, 3.8) is 0 Å². The number of anilines is 1. The summed E-state index contributed by atoms with van der Waals surface area (Å²) in [5.41, 5.74) is 2.15. The molecule has 0 saturated carbocycles. The molecule has 0 N–H and O–H groups in total. The van der Waals surface area contributed by atoms with Crippen LogP contribution >= 0.6 is 11.8 Å². The van der Waals surface area contributed by atoms with Gasteiger partial charge in [-0.1, -0.05) is 37.3 Å². The Morgan fingerprint density at radius 2 is 1.89 bits per heavy atom. The van der Waals surface area contributed by atoms with E-state index in [0.29, 0.717) is 23.2 Å². The SMILES string of the molecule is COc1cn(-c2ccccc2)nc1C(=O)N1CCC(C)Sc2ccccc21. The van der Waals surface area contributed by atoms with Gasteiger partial charge in [0, 0.05) is 16.7 Å². The number of hydrogen-bond donors (Lipinski definition) is 0. The molecule has 1 aliphatic rings. The van der Waals surface area contributed by atoms with Crippen molar-refractivity contribution < 1.29 is 9.53 Å². The summed E-state index contributed by atoms with van der Waals surface area (Å²) in [5, 5.41) is 4.99. The Morgan fingerprint density at radius 1 is 1.15 bits per heavy atom. The molecular weight excluding hydrogens is 358 g/mol. The molecule has 27 heavy (non-hydrogen) atoms. The van der Waals surface area contributed by atoms with E-state index < -0.39 is 0 Å². The fourth-order valence-corrected chi connectivity index (χ4v) is 4.31. The summed E-state index contributed by atoms with van der Waals surface area (Å²) >= 11 is 1.81. The minimum absolute atomic E-state index is 0.135. The molecule has 1 atom stereocenters. The molecule has 0 saturated heterocycles. The lowest BCUT2D eigenvalue weighted by molar-refractivity contribution is 0.0978. The van der Waals surface area contributed by atoms with Crippen molar-refractivity contribution in [3.05, 3.63) is 66.5 Å². The second kappa shape index (κ2) is 7.48. The number of rotatable bonds is 3. The molecule has 0 spiro atoms. The summed E-state index contributed by atoms with van der Waals surface area (Å²) in [4.78, 5) is 16.4. The van der Waals surface area contributed by atoms with Crippen LogP contribution in [0.2, 0.25) is 0 Å². The van der Waals surface area contributed by atoms with Crippen LogP contribution < -0.4 is 9.64 Å². The Morgan fingerprint density at radius 3 is 2.67 bits per heavy atom. The maximum absolute atomic E-state index is 13.4. The molecule has 0 aliphatic carbocycles. The molecule has 1 aliphatic heterocycles. The first-order valence-corrected chi connectivity index (χ1v) is 9.82. The molecule has 2 heterocycles. The smallest absolute Gasteiger partial charge is 0.282 e. The highest BCUT2D eigenvalue weighted by molar-refractivity contribution is 8.00. The van der Waals surface area contributed by atoms with E-state index in [-0.39, 0.29) is 5.91 Å². The van der Waals surface area contributed by atoms with E-state index in [9.17, 15) is 4.79 Å². The highest BCUT2D eigenvalue weighted by Gasteiger charge is 2.29. The van der Waals surface area contributed by atoms with E-state index in [0.717, 1.165) is 22.7 Å². The Labute approximate surface area is 162 Å². The van der Waals surface area contributed by atoms with Gasteiger partial charge in [-0.05, 0) is 30.7 Å². The van der Waals surface area contributed by atoms with Gasteiger partial charge < -0.3 is 9.64 Å². The lowest BCUT2D eigenvalue weighted by Crippen LogP contribution is -2.33. The van der Waals surface area contributed by atoms with Crippen LogP contribution in [-0.2, 0) is 0 Å². The summed E-state index contributed by atoms with van der Waals surface area (Å²) in [6.45, 7) is 2.85. The van der Waals surface area contributed by atoms with Crippen molar-refractivity contribution in [1.82, 2.24) is 9.78 Å². The van der Waals surface area contributed by atoms with E-state index in [4.69, 9.17) is 4.74 Å². The fourth-order valence-electron chi connectivity index (χ4n) is 3.19. The average Bonchev–Trinajstić information content (AvgIpc) is 3.06. The topological polar surface area (TPSA) is 47.4 Å². The Balaban J connectivity index is 1.74. The van der Waals surface area contributed by atoms with Gasteiger partial charge in [0.1, 0.15) is 0 Å². The Hall–Kier alpha value is -2.73. The standard InChI is InChI=1S/C21H21N3O2S/c1-15-12-13-23(17-10-6-7-11-19(17)27-15)21(25)20-18(26-2)14-24(22-20)16-8-4-3-5-9-16/h3-11,14-15H,12-13H2,1-2H3. The van der Waals surface area contributed by atoms with Crippen molar-refractivity contribution in [2.45, 2.75) is 23.5 Å². The van der Waals surface area contributed by atoms with Gasteiger partial charge in [0.2, 0.25) is 0 Å². The van der Waals surface area contributed by atoms with E-state index in [2.05, 4.69) is 18.1 Å². The number of benzene rings is 2. The number of ether oxygens (including phenoxy) is 1. The predicted molar refractivity (Wildman–Crippen MR) is 108 cm³/mol. The van der Waals surface area contributed by atoms with Crippen LogP contribution in [0, 0.1) is 0 Å². The Kier molecular flexibility index (Phi) is 4.90. The quantitative estimate of drug-likeness (QED) is 0.676.